The Morgan fingerprint density at radius 2 is 2.23 bits per heavy atom. The second-order valence-electron chi connectivity index (χ2n) is 4.21. The first-order valence-corrected chi connectivity index (χ1v) is 6.63. The van der Waals surface area contributed by atoms with Gasteiger partial charge in [-0.15, -0.1) is 0 Å². The lowest BCUT2D eigenvalue weighted by molar-refractivity contribution is -0.392. The average Bonchev–Trinajstić information content (AvgIpc) is 2.77. The number of nitrogens with one attached hydrogen (secondary N) is 1. The molecule has 1 aromatic heterocycles. The molecular weight excluding hydrogens is 314 g/mol. The van der Waals surface area contributed by atoms with Crippen molar-refractivity contribution in [2.24, 2.45) is 5.73 Å². The number of thiocarbonyl (C=S) groups is 1. The molecule has 0 spiro atoms. The van der Waals surface area contributed by atoms with Crippen LogP contribution in [-0.4, -0.2) is 38.1 Å². The van der Waals surface area contributed by atoms with Crippen molar-refractivity contribution in [2.75, 3.05) is 6.61 Å². The van der Waals surface area contributed by atoms with Gasteiger partial charge in [0.2, 0.25) is 5.91 Å². The fourth-order valence-corrected chi connectivity index (χ4v) is 1.73. The van der Waals surface area contributed by atoms with E-state index in [9.17, 15) is 19.7 Å². The zero-order valence-corrected chi connectivity index (χ0v) is 12.6. The summed E-state index contributed by atoms with van der Waals surface area (Å²) in [6.07, 6.45) is 0.886. The van der Waals surface area contributed by atoms with Gasteiger partial charge in [0, 0.05) is 13.3 Å². The predicted molar refractivity (Wildman–Crippen MR) is 78.7 cm³/mol. The second kappa shape index (κ2) is 8.02. The lowest BCUT2D eigenvalue weighted by Gasteiger charge is -2.05. The van der Waals surface area contributed by atoms with Gasteiger partial charge in [0.1, 0.15) is 19.3 Å². The minimum Gasteiger partial charge on any atom is -0.461 e. The third kappa shape index (κ3) is 5.44. The standard InChI is InChI=1S/C11H15N5O5S/c1-7-13-6-9(16(19)20)15(7)4-5-21-10(18)3-2-8(17)14-11(12)22/h6H,2-5H2,1H3,(H3,12,14,17,22). The maximum absolute atomic E-state index is 11.4. The summed E-state index contributed by atoms with van der Waals surface area (Å²) >= 11 is 4.48. The number of imidazole rings is 1. The molecule has 0 saturated carbocycles. The molecule has 0 unspecified atom stereocenters. The smallest absolute Gasteiger partial charge is 0.342 e. The zero-order valence-electron chi connectivity index (χ0n) is 11.8. The van der Waals surface area contributed by atoms with Gasteiger partial charge in [-0.25, -0.2) is 9.55 Å². The maximum Gasteiger partial charge on any atom is 0.342 e. The van der Waals surface area contributed by atoms with Gasteiger partial charge >= 0.3 is 11.8 Å². The van der Waals surface area contributed by atoms with Crippen LogP contribution in [0.25, 0.3) is 0 Å². The van der Waals surface area contributed by atoms with E-state index >= 15 is 0 Å². The summed E-state index contributed by atoms with van der Waals surface area (Å²) in [5, 5.41) is 12.8. The van der Waals surface area contributed by atoms with Gasteiger partial charge in [-0.1, -0.05) is 0 Å². The normalized spacial score (nSPS) is 10.0. The number of rotatable bonds is 7. The van der Waals surface area contributed by atoms with Crippen molar-refractivity contribution in [3.05, 3.63) is 22.1 Å². The highest BCUT2D eigenvalue weighted by atomic mass is 32.1. The topological polar surface area (TPSA) is 142 Å². The Hall–Kier alpha value is -2.56. The van der Waals surface area contributed by atoms with E-state index in [-0.39, 0.29) is 36.9 Å². The summed E-state index contributed by atoms with van der Waals surface area (Å²) in [7, 11) is 0. The van der Waals surface area contributed by atoms with Crippen molar-refractivity contribution in [1.29, 1.82) is 0 Å². The van der Waals surface area contributed by atoms with Crippen LogP contribution >= 0.6 is 12.2 Å². The number of nitrogens with zero attached hydrogens (tertiary/aromatic N) is 3. The van der Waals surface area contributed by atoms with Crippen LogP contribution in [0.4, 0.5) is 5.82 Å². The van der Waals surface area contributed by atoms with E-state index in [2.05, 4.69) is 22.5 Å². The van der Waals surface area contributed by atoms with E-state index < -0.39 is 16.8 Å². The molecule has 0 aromatic carbocycles. The number of carbonyl (C=O) groups excluding carboxylic acids is 2. The molecular formula is C11H15N5O5S. The molecule has 0 atom stereocenters. The molecule has 0 radical (unpaired) electrons. The fraction of sp³-hybridized carbons (Fsp3) is 0.455. The summed E-state index contributed by atoms with van der Waals surface area (Å²) in [6, 6.07) is 0. The van der Waals surface area contributed by atoms with Crippen molar-refractivity contribution in [2.45, 2.75) is 26.3 Å². The van der Waals surface area contributed by atoms with E-state index in [0.717, 1.165) is 6.20 Å². The first-order valence-electron chi connectivity index (χ1n) is 6.22. The lowest BCUT2D eigenvalue weighted by atomic mass is 10.3. The molecule has 1 heterocycles. The van der Waals surface area contributed by atoms with Gasteiger partial charge < -0.3 is 25.9 Å². The zero-order chi connectivity index (χ0) is 16.7. The molecule has 0 aliphatic heterocycles. The summed E-state index contributed by atoms with van der Waals surface area (Å²) in [6.45, 7) is 1.65. The molecule has 0 fully saturated rings. The second-order valence-corrected chi connectivity index (χ2v) is 4.65. The monoisotopic (exact) mass is 329 g/mol. The van der Waals surface area contributed by atoms with Gasteiger partial charge in [-0.3, -0.25) is 9.59 Å². The molecule has 120 valence electrons. The molecule has 0 aliphatic carbocycles. The van der Waals surface area contributed by atoms with E-state index in [1.165, 1.54) is 4.57 Å². The lowest BCUT2D eigenvalue weighted by Crippen LogP contribution is -2.34. The number of nitrogens with two attached hydrogens (primary N) is 1. The van der Waals surface area contributed by atoms with Gasteiger partial charge in [0.05, 0.1) is 6.42 Å². The Labute approximate surface area is 130 Å². The molecule has 0 aliphatic rings. The number of hydrogen-bond acceptors (Lipinski definition) is 7. The average molecular weight is 329 g/mol. The molecule has 0 bridgehead atoms. The number of aryl methyl sites for hydroxylation is 1. The number of nitro groups is 1. The van der Waals surface area contributed by atoms with Gasteiger partial charge in [0.15, 0.2) is 10.9 Å². The first-order chi connectivity index (χ1) is 10.3. The molecule has 0 saturated heterocycles. The number of esters is 1. The first kappa shape index (κ1) is 17.5. The number of carbonyl (C=O) groups is 2. The number of aromatic nitrogens is 2. The summed E-state index contributed by atoms with van der Waals surface area (Å²) < 4.78 is 6.23. The highest BCUT2D eigenvalue weighted by Crippen LogP contribution is 2.13. The highest BCUT2D eigenvalue weighted by Gasteiger charge is 2.17. The van der Waals surface area contributed by atoms with Crippen molar-refractivity contribution >= 4 is 35.0 Å². The molecule has 22 heavy (non-hydrogen) atoms. The Balaban J connectivity index is 2.37. The van der Waals surface area contributed by atoms with Crippen LogP contribution < -0.4 is 11.1 Å². The summed E-state index contributed by atoms with van der Waals surface area (Å²) in [5.74, 6) is -0.813. The van der Waals surface area contributed by atoms with E-state index in [1.807, 2.05) is 0 Å². The molecule has 11 heteroatoms. The van der Waals surface area contributed by atoms with Gasteiger partial charge in [-0.2, -0.15) is 0 Å². The van der Waals surface area contributed by atoms with Crippen LogP contribution in [0.2, 0.25) is 0 Å². The van der Waals surface area contributed by atoms with Crippen molar-refractivity contribution < 1.29 is 19.2 Å². The molecule has 3 N–H and O–H groups in total. The Kier molecular flexibility index (Phi) is 6.38. The van der Waals surface area contributed by atoms with Crippen LogP contribution in [-0.2, 0) is 20.9 Å². The van der Waals surface area contributed by atoms with Crippen LogP contribution in [0.1, 0.15) is 18.7 Å². The maximum atomic E-state index is 11.4. The van der Waals surface area contributed by atoms with Crippen LogP contribution in [0, 0.1) is 17.0 Å². The van der Waals surface area contributed by atoms with Gasteiger partial charge in [0.25, 0.3) is 0 Å². The Bertz CT molecular complexity index is 600. The van der Waals surface area contributed by atoms with Crippen molar-refractivity contribution in [3.63, 3.8) is 0 Å². The summed E-state index contributed by atoms with van der Waals surface area (Å²) in [4.78, 5) is 36.7. The van der Waals surface area contributed by atoms with Crippen LogP contribution in [0.15, 0.2) is 6.20 Å². The Morgan fingerprint density at radius 1 is 1.55 bits per heavy atom. The molecule has 1 amide bonds. The third-order valence-corrected chi connectivity index (χ3v) is 2.72. The van der Waals surface area contributed by atoms with Crippen molar-refractivity contribution in [3.8, 4) is 0 Å². The predicted octanol–water partition coefficient (Wildman–Crippen LogP) is -0.217. The van der Waals surface area contributed by atoms with E-state index in [4.69, 9.17) is 10.5 Å². The molecule has 1 rings (SSSR count). The highest BCUT2D eigenvalue weighted by molar-refractivity contribution is 7.80. The fourth-order valence-electron chi connectivity index (χ4n) is 1.62. The molecule has 1 aromatic rings. The minimum absolute atomic E-state index is 0.0617. The number of amides is 1. The summed E-state index contributed by atoms with van der Waals surface area (Å²) in [5.41, 5.74) is 5.11. The Morgan fingerprint density at radius 3 is 2.82 bits per heavy atom. The quantitative estimate of drug-likeness (QED) is 0.302. The number of ether oxygens (including phenoxy) is 1. The minimum atomic E-state index is -0.599. The SMILES string of the molecule is Cc1ncc([N+](=O)[O-])n1CCOC(=O)CCC(=O)NC(N)=S. The van der Waals surface area contributed by atoms with Crippen molar-refractivity contribution in [1.82, 2.24) is 14.9 Å². The van der Waals surface area contributed by atoms with Crippen LogP contribution in [0.5, 0.6) is 0 Å². The number of hydrogen-bond donors (Lipinski definition) is 2. The van der Waals surface area contributed by atoms with Gasteiger partial charge in [-0.05, 0) is 17.1 Å². The van der Waals surface area contributed by atoms with Crippen LogP contribution in [0.3, 0.4) is 0 Å². The molecule has 10 nitrogen and oxygen atoms in total. The third-order valence-electron chi connectivity index (χ3n) is 2.62. The van der Waals surface area contributed by atoms with E-state index in [0.29, 0.717) is 5.82 Å². The largest absolute Gasteiger partial charge is 0.461 e. The van der Waals surface area contributed by atoms with E-state index in [1.54, 1.807) is 6.92 Å².